The third-order valence-corrected chi connectivity index (χ3v) is 4.19. The molecule has 0 aliphatic heterocycles. The van der Waals surface area contributed by atoms with Crippen LogP contribution in [0.15, 0.2) is 42.5 Å². The second kappa shape index (κ2) is 5.69. The molecule has 104 valence electrons. The zero-order valence-electron chi connectivity index (χ0n) is 10.7. The van der Waals surface area contributed by atoms with Gasteiger partial charge in [-0.25, -0.2) is 4.39 Å². The van der Waals surface area contributed by atoms with Gasteiger partial charge in [-0.15, -0.1) is 0 Å². The number of aliphatic hydroxyl groups excluding tert-OH is 1. The van der Waals surface area contributed by atoms with E-state index in [1.807, 2.05) is 46.9 Å². The summed E-state index contributed by atoms with van der Waals surface area (Å²) in [6.07, 6.45) is 1.75. The second-order valence-electron chi connectivity index (χ2n) is 4.96. The fraction of sp³-hybridized carbons (Fsp3) is 0.250. The largest absolute Gasteiger partial charge is 0.490 e. The van der Waals surface area contributed by atoms with Crippen LogP contribution >= 0.6 is 22.6 Å². The molecule has 0 radical (unpaired) electrons. The number of ether oxygens (including phenoxy) is 1. The van der Waals surface area contributed by atoms with Crippen molar-refractivity contribution in [2.45, 2.75) is 25.0 Å². The summed E-state index contributed by atoms with van der Waals surface area (Å²) < 4.78 is 19.6. The zero-order valence-corrected chi connectivity index (χ0v) is 12.9. The van der Waals surface area contributed by atoms with Crippen LogP contribution < -0.4 is 4.74 Å². The molecule has 1 atom stereocenters. The fourth-order valence-corrected chi connectivity index (χ4v) is 2.81. The van der Waals surface area contributed by atoms with Crippen molar-refractivity contribution in [2.24, 2.45) is 0 Å². The molecular weight excluding hydrogens is 370 g/mol. The van der Waals surface area contributed by atoms with E-state index in [2.05, 4.69) is 0 Å². The van der Waals surface area contributed by atoms with Crippen LogP contribution in [0.2, 0.25) is 0 Å². The third-order valence-electron chi connectivity index (χ3n) is 3.26. The van der Waals surface area contributed by atoms with Crippen LogP contribution in [0.1, 0.15) is 30.1 Å². The Labute approximate surface area is 130 Å². The lowest BCUT2D eigenvalue weighted by atomic mass is 10.0. The van der Waals surface area contributed by atoms with Crippen molar-refractivity contribution in [2.75, 3.05) is 0 Å². The van der Waals surface area contributed by atoms with Crippen molar-refractivity contribution >= 4 is 22.6 Å². The highest BCUT2D eigenvalue weighted by atomic mass is 127. The Hall–Kier alpha value is -1.14. The van der Waals surface area contributed by atoms with Crippen molar-refractivity contribution in [3.8, 4) is 5.75 Å². The summed E-state index contributed by atoms with van der Waals surface area (Å²) >= 11 is 2.04. The molecule has 2 aromatic rings. The maximum Gasteiger partial charge on any atom is 0.124 e. The van der Waals surface area contributed by atoms with Gasteiger partial charge in [-0.1, -0.05) is 18.2 Å². The van der Waals surface area contributed by atoms with Gasteiger partial charge in [0.25, 0.3) is 0 Å². The van der Waals surface area contributed by atoms with E-state index in [1.54, 1.807) is 6.07 Å². The molecule has 1 N–H and O–H groups in total. The van der Waals surface area contributed by atoms with Crippen LogP contribution in [-0.2, 0) is 0 Å². The van der Waals surface area contributed by atoms with E-state index in [0.717, 1.165) is 24.2 Å². The molecule has 0 heterocycles. The summed E-state index contributed by atoms with van der Waals surface area (Å²) in [5.41, 5.74) is 1.46. The first kappa shape index (κ1) is 13.8. The van der Waals surface area contributed by atoms with Crippen LogP contribution in [0, 0.1) is 9.39 Å². The molecule has 4 heteroatoms. The lowest BCUT2D eigenvalue weighted by Crippen LogP contribution is -2.03. The number of hydrogen-bond donors (Lipinski definition) is 1. The SMILES string of the molecule is OC(c1cccc(OC2CC2)c1)c1ccc(F)cc1I. The molecule has 2 nitrogen and oxygen atoms in total. The summed E-state index contributed by atoms with van der Waals surface area (Å²) in [6.45, 7) is 0. The summed E-state index contributed by atoms with van der Waals surface area (Å²) in [7, 11) is 0. The van der Waals surface area contributed by atoms with Crippen LogP contribution in [0.3, 0.4) is 0 Å². The average Bonchev–Trinajstić information content (AvgIpc) is 3.22. The molecule has 1 aliphatic carbocycles. The minimum Gasteiger partial charge on any atom is -0.490 e. The molecule has 1 fully saturated rings. The summed E-state index contributed by atoms with van der Waals surface area (Å²) in [4.78, 5) is 0. The molecule has 0 bridgehead atoms. The normalized spacial score (nSPS) is 15.9. The van der Waals surface area contributed by atoms with Crippen molar-refractivity contribution in [1.82, 2.24) is 0 Å². The molecule has 1 saturated carbocycles. The molecule has 3 rings (SSSR count). The minimum atomic E-state index is -0.773. The molecule has 1 aliphatic rings. The maximum atomic E-state index is 13.1. The molecule has 2 aromatic carbocycles. The highest BCUT2D eigenvalue weighted by Crippen LogP contribution is 2.31. The predicted molar refractivity (Wildman–Crippen MR) is 83.3 cm³/mol. The standard InChI is InChI=1S/C16H14FIO2/c17-11-4-7-14(15(18)9-11)16(19)10-2-1-3-13(8-10)20-12-5-6-12/h1-4,7-9,12,16,19H,5-6H2. The molecule has 0 saturated heterocycles. The van der Waals surface area contributed by atoms with Crippen LogP contribution in [0.25, 0.3) is 0 Å². The first-order chi connectivity index (χ1) is 9.63. The van der Waals surface area contributed by atoms with Crippen LogP contribution in [0.5, 0.6) is 5.75 Å². The Bertz CT molecular complexity index is 626. The Balaban J connectivity index is 1.86. The summed E-state index contributed by atoms with van der Waals surface area (Å²) in [6, 6.07) is 11.9. The molecule has 0 aromatic heterocycles. The molecule has 0 amide bonds. The van der Waals surface area contributed by atoms with Gasteiger partial charge >= 0.3 is 0 Å². The topological polar surface area (TPSA) is 29.5 Å². The van der Waals surface area contributed by atoms with Gasteiger partial charge in [0.1, 0.15) is 17.7 Å². The average molecular weight is 384 g/mol. The molecule has 0 spiro atoms. The molecule has 20 heavy (non-hydrogen) atoms. The predicted octanol–water partition coefficient (Wildman–Crippen LogP) is 4.05. The van der Waals surface area contributed by atoms with E-state index in [1.165, 1.54) is 12.1 Å². The number of aliphatic hydroxyl groups is 1. The Morgan fingerprint density at radius 3 is 2.70 bits per heavy atom. The lowest BCUT2D eigenvalue weighted by molar-refractivity contribution is 0.218. The monoisotopic (exact) mass is 384 g/mol. The van der Waals surface area contributed by atoms with Crippen molar-refractivity contribution in [1.29, 1.82) is 0 Å². The molecule has 1 unspecified atom stereocenters. The highest BCUT2D eigenvalue weighted by Gasteiger charge is 2.24. The third kappa shape index (κ3) is 3.12. The fourth-order valence-electron chi connectivity index (χ4n) is 2.04. The minimum absolute atomic E-state index is 0.295. The molecular formula is C16H14FIO2. The van der Waals surface area contributed by atoms with Crippen molar-refractivity contribution < 1.29 is 14.2 Å². The first-order valence-electron chi connectivity index (χ1n) is 6.53. The zero-order chi connectivity index (χ0) is 14.1. The number of halogens is 2. The van der Waals surface area contributed by atoms with Gasteiger partial charge in [-0.2, -0.15) is 0 Å². The Morgan fingerprint density at radius 1 is 1.20 bits per heavy atom. The number of hydrogen-bond acceptors (Lipinski definition) is 2. The van der Waals surface area contributed by atoms with Crippen molar-refractivity contribution in [3.05, 3.63) is 63.0 Å². The van der Waals surface area contributed by atoms with Gasteiger partial charge in [0.2, 0.25) is 0 Å². The Kier molecular flexibility index (Phi) is 3.94. The summed E-state index contributed by atoms with van der Waals surface area (Å²) in [5.74, 6) is 0.484. The van der Waals surface area contributed by atoms with E-state index >= 15 is 0 Å². The van der Waals surface area contributed by atoms with Gasteiger partial charge in [0.05, 0.1) is 6.10 Å². The van der Waals surface area contributed by atoms with E-state index in [4.69, 9.17) is 4.74 Å². The quantitative estimate of drug-likeness (QED) is 0.806. The van der Waals surface area contributed by atoms with E-state index in [-0.39, 0.29) is 5.82 Å². The van der Waals surface area contributed by atoms with E-state index in [0.29, 0.717) is 15.2 Å². The van der Waals surface area contributed by atoms with Gasteiger partial charge in [-0.05, 0) is 70.8 Å². The van der Waals surface area contributed by atoms with E-state index in [9.17, 15) is 9.50 Å². The van der Waals surface area contributed by atoms with Gasteiger partial charge in [-0.3, -0.25) is 0 Å². The number of rotatable bonds is 4. The van der Waals surface area contributed by atoms with Gasteiger partial charge in [0, 0.05) is 3.57 Å². The maximum absolute atomic E-state index is 13.1. The van der Waals surface area contributed by atoms with E-state index < -0.39 is 6.10 Å². The first-order valence-corrected chi connectivity index (χ1v) is 7.61. The highest BCUT2D eigenvalue weighted by molar-refractivity contribution is 14.1. The summed E-state index contributed by atoms with van der Waals surface area (Å²) in [5, 5.41) is 10.5. The van der Waals surface area contributed by atoms with Crippen molar-refractivity contribution in [3.63, 3.8) is 0 Å². The van der Waals surface area contributed by atoms with Crippen LogP contribution in [0.4, 0.5) is 4.39 Å². The smallest absolute Gasteiger partial charge is 0.124 e. The van der Waals surface area contributed by atoms with Crippen LogP contribution in [-0.4, -0.2) is 11.2 Å². The lowest BCUT2D eigenvalue weighted by Gasteiger charge is -2.15. The van der Waals surface area contributed by atoms with Gasteiger partial charge in [0.15, 0.2) is 0 Å². The Morgan fingerprint density at radius 2 is 2.00 bits per heavy atom. The van der Waals surface area contributed by atoms with Gasteiger partial charge < -0.3 is 9.84 Å². The second-order valence-corrected chi connectivity index (χ2v) is 6.12. The number of benzene rings is 2.